The van der Waals surface area contributed by atoms with Crippen LogP contribution in [0.5, 0.6) is 0 Å². The molecule has 0 aromatic carbocycles. The van der Waals surface area contributed by atoms with Gasteiger partial charge in [0.25, 0.3) is 0 Å². The lowest BCUT2D eigenvalue weighted by Crippen LogP contribution is -2.15. The molecule has 0 fully saturated rings. The first-order valence-corrected chi connectivity index (χ1v) is 8.00. The summed E-state index contributed by atoms with van der Waals surface area (Å²) in [5.74, 6) is 0.657. The first-order chi connectivity index (χ1) is 8.55. The summed E-state index contributed by atoms with van der Waals surface area (Å²) in [5, 5.41) is 3.42. The van der Waals surface area contributed by atoms with E-state index in [0.29, 0.717) is 5.92 Å². The van der Waals surface area contributed by atoms with Gasteiger partial charge in [0.2, 0.25) is 0 Å². The van der Waals surface area contributed by atoms with Crippen molar-refractivity contribution in [1.82, 2.24) is 4.98 Å². The van der Waals surface area contributed by atoms with Crippen LogP contribution in [0, 0.1) is 5.92 Å². The Balaban J connectivity index is 1.92. The summed E-state index contributed by atoms with van der Waals surface area (Å²) in [6.45, 7) is 0.907. The first kappa shape index (κ1) is 13.1. The van der Waals surface area contributed by atoms with Crippen LogP contribution in [0.4, 0.5) is 5.69 Å². The Kier molecular flexibility index (Phi) is 4.01. The fraction of sp³-hybridized carbons (Fsp3) is 0.462. The molecule has 2 rings (SSSR count). The molecule has 1 N–H and O–H groups in total. The van der Waals surface area contributed by atoms with Crippen molar-refractivity contribution in [3.8, 4) is 0 Å². The molecule has 1 aromatic heterocycles. The standard InChI is InChI=1S/C13H18N2O2S/c1-18(16,17)13-8-7-12(10-15-13)14-9-11-5-3-2-4-6-11/h2-3,7-8,10-11,14H,4-6,9H2,1H3. The summed E-state index contributed by atoms with van der Waals surface area (Å²) in [6.07, 6.45) is 10.7. The Hall–Kier alpha value is -1.36. The van der Waals surface area contributed by atoms with E-state index in [4.69, 9.17) is 0 Å². The summed E-state index contributed by atoms with van der Waals surface area (Å²) >= 11 is 0. The molecule has 0 bridgehead atoms. The maximum atomic E-state index is 11.3. The van der Waals surface area contributed by atoms with Crippen LogP contribution in [-0.4, -0.2) is 26.2 Å². The van der Waals surface area contributed by atoms with Gasteiger partial charge in [0.05, 0.1) is 11.9 Å². The molecule has 18 heavy (non-hydrogen) atoms. The van der Waals surface area contributed by atoms with Crippen LogP contribution < -0.4 is 5.32 Å². The third kappa shape index (κ3) is 3.57. The van der Waals surface area contributed by atoms with Crippen LogP contribution in [-0.2, 0) is 9.84 Å². The third-order valence-corrected chi connectivity index (χ3v) is 4.09. The van der Waals surface area contributed by atoms with Crippen LogP contribution in [0.25, 0.3) is 0 Å². The minimum Gasteiger partial charge on any atom is -0.384 e. The number of allylic oxidation sites excluding steroid dienone is 2. The average molecular weight is 266 g/mol. The van der Waals surface area contributed by atoms with Crippen molar-refractivity contribution in [2.45, 2.75) is 24.3 Å². The Bertz CT molecular complexity index is 520. The number of rotatable bonds is 4. The van der Waals surface area contributed by atoms with Gasteiger partial charge in [0.1, 0.15) is 0 Å². The van der Waals surface area contributed by atoms with Crippen molar-refractivity contribution in [2.24, 2.45) is 5.92 Å². The van der Waals surface area contributed by atoms with E-state index >= 15 is 0 Å². The molecule has 1 heterocycles. The van der Waals surface area contributed by atoms with Crippen LogP contribution in [0.15, 0.2) is 35.5 Å². The Morgan fingerprint density at radius 1 is 1.39 bits per heavy atom. The van der Waals surface area contributed by atoms with Gasteiger partial charge in [0, 0.05) is 12.8 Å². The van der Waals surface area contributed by atoms with Crippen LogP contribution >= 0.6 is 0 Å². The van der Waals surface area contributed by atoms with E-state index in [2.05, 4.69) is 22.5 Å². The number of sulfone groups is 1. The van der Waals surface area contributed by atoms with Crippen molar-refractivity contribution in [3.05, 3.63) is 30.5 Å². The minimum atomic E-state index is -3.20. The second-order valence-electron chi connectivity index (χ2n) is 4.69. The van der Waals surface area contributed by atoms with Crippen molar-refractivity contribution < 1.29 is 8.42 Å². The second kappa shape index (κ2) is 5.52. The van der Waals surface area contributed by atoms with Crippen LogP contribution in [0.3, 0.4) is 0 Å². The van der Waals surface area contributed by atoms with Crippen LogP contribution in [0.2, 0.25) is 0 Å². The molecule has 1 unspecified atom stereocenters. The predicted octanol–water partition coefficient (Wildman–Crippen LogP) is 2.25. The van der Waals surface area contributed by atoms with E-state index in [-0.39, 0.29) is 5.03 Å². The number of nitrogens with zero attached hydrogens (tertiary/aromatic N) is 1. The third-order valence-electron chi connectivity index (χ3n) is 3.09. The van der Waals surface area contributed by atoms with Gasteiger partial charge in [-0.05, 0) is 37.3 Å². The number of hydrogen-bond donors (Lipinski definition) is 1. The largest absolute Gasteiger partial charge is 0.384 e. The van der Waals surface area contributed by atoms with E-state index in [1.54, 1.807) is 18.3 Å². The maximum Gasteiger partial charge on any atom is 0.192 e. The van der Waals surface area contributed by atoms with E-state index < -0.39 is 9.84 Å². The van der Waals surface area contributed by atoms with Gasteiger partial charge in [-0.25, -0.2) is 13.4 Å². The number of aromatic nitrogens is 1. The lowest BCUT2D eigenvalue weighted by Gasteiger charge is -2.18. The second-order valence-corrected chi connectivity index (χ2v) is 6.65. The van der Waals surface area contributed by atoms with E-state index in [0.717, 1.165) is 31.3 Å². The summed E-state index contributed by atoms with van der Waals surface area (Å²) in [7, 11) is -3.20. The maximum absolute atomic E-state index is 11.3. The monoisotopic (exact) mass is 266 g/mol. The smallest absolute Gasteiger partial charge is 0.192 e. The van der Waals surface area contributed by atoms with Gasteiger partial charge in [-0.15, -0.1) is 0 Å². The molecule has 98 valence electrons. The fourth-order valence-electron chi connectivity index (χ4n) is 2.01. The van der Waals surface area contributed by atoms with E-state index in [1.165, 1.54) is 6.42 Å². The lowest BCUT2D eigenvalue weighted by atomic mass is 9.94. The number of hydrogen-bond acceptors (Lipinski definition) is 4. The molecular weight excluding hydrogens is 248 g/mol. The summed E-state index contributed by atoms with van der Waals surface area (Å²) in [4.78, 5) is 3.95. The van der Waals surface area contributed by atoms with Gasteiger partial charge in [-0.3, -0.25) is 0 Å². The molecule has 0 saturated carbocycles. The van der Waals surface area contributed by atoms with Crippen molar-refractivity contribution in [1.29, 1.82) is 0 Å². The molecule has 0 amide bonds. The summed E-state index contributed by atoms with van der Waals surface area (Å²) in [6, 6.07) is 3.31. The van der Waals surface area contributed by atoms with E-state index in [9.17, 15) is 8.42 Å². The zero-order valence-electron chi connectivity index (χ0n) is 10.5. The number of pyridine rings is 1. The molecule has 1 aromatic rings. The molecule has 4 nitrogen and oxygen atoms in total. The van der Waals surface area contributed by atoms with Gasteiger partial charge in [-0.2, -0.15) is 0 Å². The predicted molar refractivity (Wildman–Crippen MR) is 72.3 cm³/mol. The average Bonchev–Trinajstić information content (AvgIpc) is 2.37. The molecule has 0 radical (unpaired) electrons. The Morgan fingerprint density at radius 2 is 2.22 bits per heavy atom. The summed E-state index contributed by atoms with van der Waals surface area (Å²) in [5.41, 5.74) is 0.872. The van der Waals surface area contributed by atoms with Gasteiger partial charge < -0.3 is 5.32 Å². The lowest BCUT2D eigenvalue weighted by molar-refractivity contribution is 0.504. The molecule has 1 atom stereocenters. The molecule has 0 saturated heterocycles. The van der Waals surface area contributed by atoms with E-state index in [1.807, 2.05) is 0 Å². The topological polar surface area (TPSA) is 59.1 Å². The van der Waals surface area contributed by atoms with Crippen molar-refractivity contribution in [2.75, 3.05) is 18.1 Å². The van der Waals surface area contributed by atoms with Gasteiger partial charge in [0.15, 0.2) is 14.9 Å². The summed E-state index contributed by atoms with van der Waals surface area (Å²) < 4.78 is 22.5. The Morgan fingerprint density at radius 3 is 2.78 bits per heavy atom. The van der Waals surface area contributed by atoms with Crippen molar-refractivity contribution >= 4 is 15.5 Å². The molecule has 0 spiro atoms. The highest BCUT2D eigenvalue weighted by atomic mass is 32.2. The highest BCUT2D eigenvalue weighted by Crippen LogP contribution is 2.19. The minimum absolute atomic E-state index is 0.119. The molecule has 1 aliphatic carbocycles. The van der Waals surface area contributed by atoms with Gasteiger partial charge in [-0.1, -0.05) is 12.2 Å². The number of nitrogens with one attached hydrogen (secondary N) is 1. The van der Waals surface area contributed by atoms with Crippen molar-refractivity contribution in [3.63, 3.8) is 0 Å². The quantitative estimate of drug-likeness (QED) is 0.849. The fourth-order valence-corrected chi connectivity index (χ4v) is 2.57. The normalized spacial score (nSPS) is 19.7. The molecule has 5 heteroatoms. The van der Waals surface area contributed by atoms with Crippen LogP contribution in [0.1, 0.15) is 19.3 Å². The first-order valence-electron chi connectivity index (χ1n) is 6.10. The highest BCUT2D eigenvalue weighted by molar-refractivity contribution is 7.90. The zero-order chi connectivity index (χ0) is 13.0. The molecular formula is C13H18N2O2S. The molecule has 0 aliphatic heterocycles. The molecule has 1 aliphatic rings. The SMILES string of the molecule is CS(=O)(=O)c1ccc(NCC2CC=CCC2)cn1. The Labute approximate surface area is 108 Å². The van der Waals surface area contributed by atoms with Gasteiger partial charge >= 0.3 is 0 Å². The highest BCUT2D eigenvalue weighted by Gasteiger charge is 2.10. The zero-order valence-corrected chi connectivity index (χ0v) is 11.3. The number of anilines is 1.